The molecule has 2 aromatic carbocycles. The number of carbonyl (C=O) groups is 2. The lowest BCUT2D eigenvalue weighted by molar-refractivity contribution is -0.143. The van der Waals surface area contributed by atoms with Crippen molar-refractivity contribution in [3.05, 3.63) is 82.9 Å². The number of esters is 1. The molecular formula is C30H33F6NO5. The van der Waals surface area contributed by atoms with Crippen molar-refractivity contribution in [3.8, 4) is 0 Å². The minimum absolute atomic E-state index is 0.0674. The molecule has 6 nitrogen and oxygen atoms in total. The summed E-state index contributed by atoms with van der Waals surface area (Å²) in [7, 11) is 1.20. The molecule has 0 aliphatic heterocycles. The molecule has 1 atom stereocenters. The molecule has 42 heavy (non-hydrogen) atoms. The number of nitrogens with one attached hydrogen (secondary N) is 1. The maximum absolute atomic E-state index is 13.4. The third-order valence-electron chi connectivity index (χ3n) is 6.87. The SMILES string of the molecule is COC(=O)/C=C/C1(NC(=O)OC(C)(C)C)CC(CO[C@H](C)c2cc(C(F)(F)F)cc(C(F)(F)F)c2)(c2ccccc2)C1. The molecule has 3 rings (SSSR count). The quantitative estimate of drug-likeness (QED) is 0.192. The monoisotopic (exact) mass is 601 g/mol. The van der Waals surface area contributed by atoms with E-state index in [0.717, 1.165) is 11.6 Å². The highest BCUT2D eigenvalue weighted by atomic mass is 19.4. The molecule has 0 unspecified atom stereocenters. The molecule has 0 heterocycles. The molecule has 12 heteroatoms. The van der Waals surface area contributed by atoms with Crippen LogP contribution < -0.4 is 5.32 Å². The Morgan fingerprint density at radius 2 is 1.50 bits per heavy atom. The number of benzene rings is 2. The van der Waals surface area contributed by atoms with Crippen molar-refractivity contribution in [2.75, 3.05) is 13.7 Å². The van der Waals surface area contributed by atoms with Crippen molar-refractivity contribution < 1.29 is 50.1 Å². The van der Waals surface area contributed by atoms with Gasteiger partial charge < -0.3 is 19.5 Å². The Hall–Kier alpha value is -3.54. The Labute approximate surface area is 240 Å². The average molecular weight is 602 g/mol. The maximum atomic E-state index is 13.4. The molecule has 0 bridgehead atoms. The van der Waals surface area contributed by atoms with Crippen LogP contribution in [0.1, 0.15) is 68.9 Å². The van der Waals surface area contributed by atoms with E-state index >= 15 is 0 Å². The summed E-state index contributed by atoms with van der Waals surface area (Å²) in [6.45, 7) is 6.32. The van der Waals surface area contributed by atoms with Gasteiger partial charge in [-0.15, -0.1) is 0 Å². The highest BCUT2D eigenvalue weighted by molar-refractivity contribution is 5.82. The van der Waals surface area contributed by atoms with Gasteiger partial charge in [-0.1, -0.05) is 36.4 Å². The van der Waals surface area contributed by atoms with Crippen LogP contribution in [0.15, 0.2) is 60.7 Å². The van der Waals surface area contributed by atoms with Gasteiger partial charge in [0.1, 0.15) is 5.60 Å². The molecule has 1 amide bonds. The minimum Gasteiger partial charge on any atom is -0.466 e. The highest BCUT2D eigenvalue weighted by Crippen LogP contribution is 2.52. The van der Waals surface area contributed by atoms with Crippen LogP contribution in [0.5, 0.6) is 0 Å². The molecule has 1 aliphatic rings. The molecule has 0 aromatic heterocycles. The average Bonchev–Trinajstić information content (AvgIpc) is 2.86. The summed E-state index contributed by atoms with van der Waals surface area (Å²) in [5.41, 5.74) is -5.10. The molecule has 0 spiro atoms. The number of amides is 1. The normalized spacial score (nSPS) is 21.9. The van der Waals surface area contributed by atoms with Crippen LogP contribution in [0, 0.1) is 0 Å². The Kier molecular flexibility index (Phi) is 9.41. The van der Waals surface area contributed by atoms with Crippen LogP contribution in [0.2, 0.25) is 0 Å². The molecule has 0 radical (unpaired) electrons. The van der Waals surface area contributed by atoms with Crippen molar-refractivity contribution >= 4 is 12.1 Å². The van der Waals surface area contributed by atoms with E-state index in [1.54, 1.807) is 39.0 Å². The second-order valence-corrected chi connectivity index (χ2v) is 11.4. The van der Waals surface area contributed by atoms with Gasteiger partial charge in [0.15, 0.2) is 0 Å². The molecular weight excluding hydrogens is 568 g/mol. The van der Waals surface area contributed by atoms with E-state index in [1.807, 2.05) is 12.1 Å². The highest BCUT2D eigenvalue weighted by Gasteiger charge is 2.56. The summed E-state index contributed by atoms with van der Waals surface area (Å²) in [5.74, 6) is -0.660. The van der Waals surface area contributed by atoms with Crippen LogP contribution >= 0.6 is 0 Å². The van der Waals surface area contributed by atoms with Crippen LogP contribution in [-0.4, -0.2) is 36.9 Å². The number of hydrogen-bond acceptors (Lipinski definition) is 5. The summed E-state index contributed by atoms with van der Waals surface area (Å²) < 4.78 is 96.5. The Morgan fingerprint density at radius 3 is 1.98 bits per heavy atom. The van der Waals surface area contributed by atoms with Gasteiger partial charge in [0, 0.05) is 11.5 Å². The van der Waals surface area contributed by atoms with Gasteiger partial charge in [-0.2, -0.15) is 26.3 Å². The van der Waals surface area contributed by atoms with E-state index in [0.29, 0.717) is 12.1 Å². The minimum atomic E-state index is -4.99. The maximum Gasteiger partial charge on any atom is 0.416 e. The zero-order chi connectivity index (χ0) is 31.6. The number of halogens is 6. The number of rotatable bonds is 8. The molecule has 2 aromatic rings. The lowest BCUT2D eigenvalue weighted by Crippen LogP contribution is -2.64. The Balaban J connectivity index is 1.93. The largest absolute Gasteiger partial charge is 0.466 e. The fourth-order valence-electron chi connectivity index (χ4n) is 4.98. The lowest BCUT2D eigenvalue weighted by atomic mass is 9.54. The van der Waals surface area contributed by atoms with Gasteiger partial charge in [0.2, 0.25) is 0 Å². The molecule has 1 fully saturated rings. The molecule has 1 saturated carbocycles. The first-order chi connectivity index (χ1) is 19.3. The number of alkyl halides is 6. The second-order valence-electron chi connectivity index (χ2n) is 11.4. The van der Waals surface area contributed by atoms with Crippen molar-refractivity contribution in [1.82, 2.24) is 5.32 Å². The first-order valence-electron chi connectivity index (χ1n) is 13.0. The van der Waals surface area contributed by atoms with Gasteiger partial charge in [0.05, 0.1) is 36.5 Å². The van der Waals surface area contributed by atoms with Crippen LogP contribution in [0.4, 0.5) is 31.1 Å². The summed E-state index contributed by atoms with van der Waals surface area (Å²) in [4.78, 5) is 24.6. The van der Waals surface area contributed by atoms with Crippen molar-refractivity contribution in [2.24, 2.45) is 0 Å². The fraction of sp³-hybridized carbons (Fsp3) is 0.467. The van der Waals surface area contributed by atoms with Crippen molar-refractivity contribution in [3.63, 3.8) is 0 Å². The Morgan fingerprint density at radius 1 is 0.952 bits per heavy atom. The summed E-state index contributed by atoms with van der Waals surface area (Å²) in [6.07, 6.45) is -8.86. The number of methoxy groups -OCH3 is 1. The molecule has 0 saturated heterocycles. The van der Waals surface area contributed by atoms with Crippen LogP contribution in [0.25, 0.3) is 0 Å². The van der Waals surface area contributed by atoms with Crippen LogP contribution in [-0.2, 0) is 36.8 Å². The zero-order valence-electron chi connectivity index (χ0n) is 23.8. The Bertz CT molecular complexity index is 1260. The molecule has 230 valence electrons. The number of alkyl carbamates (subject to hydrolysis) is 1. The predicted molar refractivity (Wildman–Crippen MR) is 141 cm³/mol. The van der Waals surface area contributed by atoms with Crippen LogP contribution in [0.3, 0.4) is 0 Å². The van der Waals surface area contributed by atoms with E-state index in [1.165, 1.54) is 20.1 Å². The molecule has 1 aliphatic carbocycles. The third kappa shape index (κ3) is 8.27. The van der Waals surface area contributed by atoms with Gasteiger partial charge in [-0.05, 0) is 69.9 Å². The topological polar surface area (TPSA) is 73.9 Å². The zero-order valence-corrected chi connectivity index (χ0v) is 23.8. The van der Waals surface area contributed by atoms with E-state index < -0.39 is 58.2 Å². The fourth-order valence-corrected chi connectivity index (χ4v) is 4.98. The second kappa shape index (κ2) is 12.0. The number of ether oxygens (including phenoxy) is 3. The summed E-state index contributed by atoms with van der Waals surface area (Å²) in [5, 5.41) is 2.80. The van der Waals surface area contributed by atoms with Gasteiger partial charge in [0.25, 0.3) is 0 Å². The van der Waals surface area contributed by atoms with E-state index in [9.17, 15) is 35.9 Å². The first-order valence-corrected chi connectivity index (χ1v) is 13.0. The number of carbonyl (C=O) groups excluding carboxylic acids is 2. The summed E-state index contributed by atoms with van der Waals surface area (Å²) >= 11 is 0. The molecule has 1 N–H and O–H groups in total. The lowest BCUT2D eigenvalue weighted by Gasteiger charge is -2.55. The summed E-state index contributed by atoms with van der Waals surface area (Å²) in [6, 6.07) is 10.3. The standard InChI is InChI=1S/C30H33F6NO5/c1-19(20-13-22(29(31,32)33)15-23(14-20)30(34,35)36)41-18-27(21-9-7-6-8-10-21)16-28(17-27,12-11-24(38)40-5)37-25(39)42-26(2,3)4/h6-15,19H,16-18H2,1-5H3,(H,37,39)/b12-11+/t19-,27?,28?/m1/s1. The van der Waals surface area contributed by atoms with E-state index in [2.05, 4.69) is 10.1 Å². The van der Waals surface area contributed by atoms with Crippen molar-refractivity contribution in [1.29, 1.82) is 0 Å². The first kappa shape index (κ1) is 33.0. The van der Waals surface area contributed by atoms with Gasteiger partial charge >= 0.3 is 24.4 Å². The van der Waals surface area contributed by atoms with Crippen molar-refractivity contribution in [2.45, 2.75) is 75.5 Å². The number of hydrogen-bond donors (Lipinski definition) is 1. The van der Waals surface area contributed by atoms with E-state index in [-0.39, 0.29) is 31.1 Å². The van der Waals surface area contributed by atoms with Gasteiger partial charge in [-0.25, -0.2) is 9.59 Å². The van der Waals surface area contributed by atoms with E-state index in [4.69, 9.17) is 9.47 Å². The van der Waals surface area contributed by atoms with Gasteiger partial charge in [-0.3, -0.25) is 0 Å². The third-order valence-corrected chi connectivity index (χ3v) is 6.87. The smallest absolute Gasteiger partial charge is 0.416 e. The predicted octanol–water partition coefficient (Wildman–Crippen LogP) is 7.53.